The lowest BCUT2D eigenvalue weighted by Gasteiger charge is -2.19. The molecule has 0 bridgehead atoms. The van der Waals surface area contributed by atoms with E-state index in [-0.39, 0.29) is 5.38 Å². The Labute approximate surface area is 117 Å². The van der Waals surface area contributed by atoms with Gasteiger partial charge in [0, 0.05) is 10.0 Å². The second-order valence-corrected chi connectivity index (χ2v) is 6.27. The van der Waals surface area contributed by atoms with E-state index in [0.717, 1.165) is 33.7 Å². The van der Waals surface area contributed by atoms with Gasteiger partial charge in [0.25, 0.3) is 0 Å². The third kappa shape index (κ3) is 2.79. The molecule has 1 aliphatic rings. The standard InChI is InChI=1S/C14H18BrClO/c1-8-6-11(15)9(2)13(14(8)17-3)12(16)7-10-4-5-10/h6,10,12H,4-5,7H2,1-3H3. The van der Waals surface area contributed by atoms with Gasteiger partial charge in [-0.25, -0.2) is 0 Å². The predicted octanol–water partition coefficient (Wildman–Crippen LogP) is 5.15. The molecular formula is C14H18BrClO. The number of ether oxygens (including phenoxy) is 1. The highest BCUT2D eigenvalue weighted by molar-refractivity contribution is 9.10. The summed E-state index contributed by atoms with van der Waals surface area (Å²) in [5, 5.41) is 0.0636. The van der Waals surface area contributed by atoms with Crippen molar-refractivity contribution >= 4 is 27.5 Å². The molecule has 3 heteroatoms. The second kappa shape index (κ2) is 5.19. The van der Waals surface area contributed by atoms with Gasteiger partial charge in [-0.3, -0.25) is 0 Å². The minimum atomic E-state index is 0.0636. The molecule has 1 fully saturated rings. The summed E-state index contributed by atoms with van der Waals surface area (Å²) in [7, 11) is 1.72. The van der Waals surface area contributed by atoms with Crippen LogP contribution in [0.1, 0.15) is 41.3 Å². The maximum Gasteiger partial charge on any atom is 0.126 e. The summed E-state index contributed by atoms with van der Waals surface area (Å²) >= 11 is 10.2. The van der Waals surface area contributed by atoms with Crippen LogP contribution in [0.25, 0.3) is 0 Å². The van der Waals surface area contributed by atoms with E-state index in [9.17, 15) is 0 Å². The number of methoxy groups -OCH3 is 1. The van der Waals surface area contributed by atoms with Crippen LogP contribution >= 0.6 is 27.5 Å². The van der Waals surface area contributed by atoms with Gasteiger partial charge in [0.05, 0.1) is 12.5 Å². The first-order chi connectivity index (χ1) is 8.04. The lowest BCUT2D eigenvalue weighted by atomic mass is 9.98. The number of hydrogen-bond donors (Lipinski definition) is 0. The van der Waals surface area contributed by atoms with Crippen molar-refractivity contribution in [3.63, 3.8) is 0 Å². The average Bonchev–Trinajstić information content (AvgIpc) is 3.06. The maximum absolute atomic E-state index is 6.57. The number of alkyl halides is 1. The predicted molar refractivity (Wildman–Crippen MR) is 76.1 cm³/mol. The molecule has 0 saturated heterocycles. The summed E-state index contributed by atoms with van der Waals surface area (Å²) in [5.41, 5.74) is 3.50. The summed E-state index contributed by atoms with van der Waals surface area (Å²) in [5.74, 6) is 1.77. The van der Waals surface area contributed by atoms with E-state index in [1.165, 1.54) is 18.4 Å². The van der Waals surface area contributed by atoms with E-state index in [0.29, 0.717) is 0 Å². The van der Waals surface area contributed by atoms with Crippen molar-refractivity contribution < 1.29 is 4.74 Å². The van der Waals surface area contributed by atoms with Crippen LogP contribution in [0.2, 0.25) is 0 Å². The van der Waals surface area contributed by atoms with E-state index < -0.39 is 0 Å². The lowest BCUT2D eigenvalue weighted by Crippen LogP contribution is -2.02. The van der Waals surface area contributed by atoms with Crippen molar-refractivity contribution in [1.82, 2.24) is 0 Å². The Balaban J connectivity index is 2.40. The molecule has 0 N–H and O–H groups in total. The SMILES string of the molecule is COc1c(C)cc(Br)c(C)c1C(Cl)CC1CC1. The third-order valence-electron chi connectivity index (χ3n) is 3.46. The molecule has 1 aromatic rings. The maximum atomic E-state index is 6.57. The highest BCUT2D eigenvalue weighted by Gasteiger charge is 2.28. The fourth-order valence-electron chi connectivity index (χ4n) is 2.29. The van der Waals surface area contributed by atoms with Crippen LogP contribution in [0.3, 0.4) is 0 Å². The lowest BCUT2D eigenvalue weighted by molar-refractivity contribution is 0.404. The van der Waals surface area contributed by atoms with Crippen LogP contribution in [-0.4, -0.2) is 7.11 Å². The molecular weight excluding hydrogens is 300 g/mol. The van der Waals surface area contributed by atoms with Gasteiger partial charge in [-0.15, -0.1) is 11.6 Å². The van der Waals surface area contributed by atoms with Crippen molar-refractivity contribution in [2.75, 3.05) is 7.11 Å². The Hall–Kier alpha value is -0.210. The first-order valence-corrected chi connectivity index (χ1v) is 7.25. The summed E-state index contributed by atoms with van der Waals surface area (Å²) in [4.78, 5) is 0. The smallest absolute Gasteiger partial charge is 0.126 e. The van der Waals surface area contributed by atoms with Crippen LogP contribution in [0.4, 0.5) is 0 Å². The monoisotopic (exact) mass is 316 g/mol. The number of rotatable bonds is 4. The molecule has 1 nitrogen and oxygen atoms in total. The van der Waals surface area contributed by atoms with Gasteiger partial charge in [-0.05, 0) is 43.4 Å². The van der Waals surface area contributed by atoms with Gasteiger partial charge >= 0.3 is 0 Å². The highest BCUT2D eigenvalue weighted by atomic mass is 79.9. The van der Waals surface area contributed by atoms with Gasteiger partial charge in [0.2, 0.25) is 0 Å². The largest absolute Gasteiger partial charge is 0.496 e. The minimum absolute atomic E-state index is 0.0636. The zero-order valence-corrected chi connectivity index (χ0v) is 12.9. The normalized spacial score (nSPS) is 17.0. The van der Waals surface area contributed by atoms with Crippen molar-refractivity contribution in [1.29, 1.82) is 0 Å². The Bertz CT molecular complexity index is 427. The van der Waals surface area contributed by atoms with Crippen LogP contribution in [0.15, 0.2) is 10.5 Å². The molecule has 0 radical (unpaired) electrons. The quantitative estimate of drug-likeness (QED) is 0.697. The fourth-order valence-corrected chi connectivity index (χ4v) is 3.36. The second-order valence-electron chi connectivity index (χ2n) is 4.89. The van der Waals surface area contributed by atoms with E-state index in [1.807, 2.05) is 0 Å². The van der Waals surface area contributed by atoms with Gasteiger partial charge in [0.1, 0.15) is 5.75 Å². The molecule has 1 atom stereocenters. The molecule has 94 valence electrons. The Morgan fingerprint density at radius 1 is 1.47 bits per heavy atom. The molecule has 0 aromatic heterocycles. The van der Waals surface area contributed by atoms with E-state index in [4.69, 9.17) is 16.3 Å². The topological polar surface area (TPSA) is 9.23 Å². The fraction of sp³-hybridized carbons (Fsp3) is 0.571. The molecule has 1 aliphatic carbocycles. The van der Waals surface area contributed by atoms with Gasteiger partial charge in [-0.1, -0.05) is 28.8 Å². The van der Waals surface area contributed by atoms with Gasteiger partial charge in [-0.2, -0.15) is 0 Å². The van der Waals surface area contributed by atoms with Crippen LogP contribution in [0.5, 0.6) is 5.75 Å². The van der Waals surface area contributed by atoms with Crippen molar-refractivity contribution in [3.05, 3.63) is 27.2 Å². The zero-order chi connectivity index (χ0) is 12.6. The Morgan fingerprint density at radius 2 is 2.12 bits per heavy atom. The Kier molecular flexibility index (Phi) is 4.04. The van der Waals surface area contributed by atoms with E-state index >= 15 is 0 Å². The van der Waals surface area contributed by atoms with Crippen molar-refractivity contribution in [2.24, 2.45) is 5.92 Å². The summed E-state index contributed by atoms with van der Waals surface area (Å²) < 4.78 is 6.65. The van der Waals surface area contributed by atoms with Gasteiger partial charge in [0.15, 0.2) is 0 Å². The summed E-state index contributed by atoms with van der Waals surface area (Å²) in [6, 6.07) is 2.10. The molecule has 17 heavy (non-hydrogen) atoms. The molecule has 1 aromatic carbocycles. The first-order valence-electron chi connectivity index (χ1n) is 6.02. The molecule has 2 rings (SSSR count). The van der Waals surface area contributed by atoms with Gasteiger partial charge < -0.3 is 4.74 Å². The number of benzene rings is 1. The molecule has 1 saturated carbocycles. The molecule has 0 spiro atoms. The number of hydrogen-bond acceptors (Lipinski definition) is 1. The zero-order valence-electron chi connectivity index (χ0n) is 10.5. The minimum Gasteiger partial charge on any atom is -0.496 e. The van der Waals surface area contributed by atoms with E-state index in [2.05, 4.69) is 35.8 Å². The molecule has 0 amide bonds. The summed E-state index contributed by atoms with van der Waals surface area (Å²) in [6.45, 7) is 4.16. The van der Waals surface area contributed by atoms with Crippen molar-refractivity contribution in [2.45, 2.75) is 38.5 Å². The average molecular weight is 318 g/mol. The van der Waals surface area contributed by atoms with Crippen LogP contribution < -0.4 is 4.74 Å². The number of aryl methyl sites for hydroxylation is 1. The van der Waals surface area contributed by atoms with E-state index in [1.54, 1.807) is 7.11 Å². The Morgan fingerprint density at radius 3 is 2.65 bits per heavy atom. The molecule has 0 aliphatic heterocycles. The van der Waals surface area contributed by atoms with Crippen LogP contribution in [-0.2, 0) is 0 Å². The first kappa shape index (κ1) is 13.2. The summed E-state index contributed by atoms with van der Waals surface area (Å²) in [6.07, 6.45) is 3.73. The third-order valence-corrected chi connectivity index (χ3v) is 4.68. The number of halogens is 2. The molecule has 0 heterocycles. The molecule has 1 unspecified atom stereocenters. The van der Waals surface area contributed by atoms with Crippen molar-refractivity contribution in [3.8, 4) is 5.75 Å². The highest BCUT2D eigenvalue weighted by Crippen LogP contribution is 2.45. The van der Waals surface area contributed by atoms with Crippen LogP contribution in [0, 0.1) is 19.8 Å².